The zero-order valence-corrected chi connectivity index (χ0v) is 43.9. The van der Waals surface area contributed by atoms with Gasteiger partial charge < -0.3 is 24.1 Å². The monoisotopic (exact) mass is 929 g/mol. The summed E-state index contributed by atoms with van der Waals surface area (Å²) < 4.78 is 24.9. The fraction of sp³-hybridized carbons (Fsp3) is 0.717. The van der Waals surface area contributed by atoms with E-state index >= 15 is 0 Å². The highest BCUT2D eigenvalue weighted by atomic mass is 16.7. The summed E-state index contributed by atoms with van der Waals surface area (Å²) in [5.41, 5.74) is 3.20. The van der Waals surface area contributed by atoms with Gasteiger partial charge in [-0.2, -0.15) is 0 Å². The lowest BCUT2D eigenvalue weighted by molar-refractivity contribution is -0.231. The van der Waals surface area contributed by atoms with E-state index in [-0.39, 0.29) is 55.8 Å². The second kappa shape index (κ2) is 13.6. The highest BCUT2D eigenvalue weighted by molar-refractivity contribution is 6.02. The molecule has 6 fully saturated rings. The summed E-state index contributed by atoms with van der Waals surface area (Å²) >= 11 is 0. The van der Waals surface area contributed by atoms with Crippen molar-refractivity contribution in [2.75, 3.05) is 14.2 Å². The number of esters is 2. The molecule has 6 saturated carbocycles. The number of rotatable bonds is 2. The first-order chi connectivity index (χ1) is 31.6. The Bertz CT molecular complexity index is 2620. The molecule has 1 heterocycles. The van der Waals surface area contributed by atoms with Gasteiger partial charge in [-0.15, -0.1) is 0 Å². The van der Waals surface area contributed by atoms with Crippen LogP contribution in [0.2, 0.25) is 0 Å². The maximum atomic E-state index is 14.9. The van der Waals surface area contributed by atoms with Crippen molar-refractivity contribution in [2.24, 2.45) is 66.5 Å². The molecular formula is C60H80O8. The van der Waals surface area contributed by atoms with E-state index in [2.05, 4.69) is 107 Å². The molecule has 8 nitrogen and oxygen atoms in total. The number of allylic oxidation sites excluding steroid dienone is 4. The van der Waals surface area contributed by atoms with Gasteiger partial charge in [-0.05, 0) is 197 Å². The molecule has 15 atom stereocenters. The van der Waals surface area contributed by atoms with Gasteiger partial charge in [0.1, 0.15) is 0 Å². The topological polar surface area (TPSA) is 108 Å². The Labute approximate surface area is 406 Å². The molecule has 1 aromatic carbocycles. The lowest BCUT2D eigenvalue weighted by Crippen LogP contribution is -2.70. The summed E-state index contributed by atoms with van der Waals surface area (Å²) in [7, 11) is 3.06. The summed E-state index contributed by atoms with van der Waals surface area (Å²) in [5, 5.41) is 12.9. The van der Waals surface area contributed by atoms with Crippen molar-refractivity contribution in [1.82, 2.24) is 0 Å². The Balaban J connectivity index is 0.954. The van der Waals surface area contributed by atoms with E-state index in [1.807, 2.05) is 6.92 Å². The molecule has 10 aliphatic rings. The number of aliphatic hydroxyl groups is 1. The van der Waals surface area contributed by atoms with E-state index < -0.39 is 33.4 Å². The van der Waals surface area contributed by atoms with Crippen molar-refractivity contribution in [3.05, 3.63) is 63.8 Å². The molecule has 9 aliphatic carbocycles. The van der Waals surface area contributed by atoms with Gasteiger partial charge in [-0.25, -0.2) is 0 Å². The molecule has 0 radical (unpaired) electrons. The van der Waals surface area contributed by atoms with Crippen molar-refractivity contribution in [3.63, 3.8) is 0 Å². The van der Waals surface area contributed by atoms with Crippen LogP contribution in [0, 0.1) is 73.4 Å². The Morgan fingerprint density at radius 3 is 1.84 bits per heavy atom. The van der Waals surface area contributed by atoms with Crippen LogP contribution in [0.1, 0.15) is 183 Å². The molecule has 68 heavy (non-hydrogen) atoms. The summed E-state index contributed by atoms with van der Waals surface area (Å²) in [5.74, 6) is -0.961. The minimum atomic E-state index is -2.28. The molecule has 1 aliphatic heterocycles. The van der Waals surface area contributed by atoms with Crippen molar-refractivity contribution in [1.29, 1.82) is 0 Å². The fourth-order valence-corrected chi connectivity index (χ4v) is 19.2. The molecule has 3 unspecified atom stereocenters. The van der Waals surface area contributed by atoms with Gasteiger partial charge in [0.2, 0.25) is 11.4 Å². The number of hydrogen-bond donors (Lipinski definition) is 1. The van der Waals surface area contributed by atoms with Gasteiger partial charge in [0.25, 0.3) is 0 Å². The maximum Gasteiger partial charge on any atom is 0.317 e. The number of methoxy groups -OCH3 is 2. The first-order valence-corrected chi connectivity index (χ1v) is 26.4. The fourth-order valence-electron chi connectivity index (χ4n) is 19.2. The van der Waals surface area contributed by atoms with Gasteiger partial charge in [-0.1, -0.05) is 85.3 Å². The van der Waals surface area contributed by atoms with Crippen LogP contribution in [0.5, 0.6) is 11.5 Å². The second-order valence-electron chi connectivity index (χ2n) is 27.4. The first-order valence-electron chi connectivity index (χ1n) is 26.4. The van der Waals surface area contributed by atoms with Crippen LogP contribution in [-0.2, 0) is 29.3 Å². The Hall–Kier alpha value is -3.65. The number of carbonyl (C=O) groups is 3. The third kappa shape index (κ3) is 5.25. The van der Waals surface area contributed by atoms with Gasteiger partial charge in [0, 0.05) is 22.0 Å². The van der Waals surface area contributed by atoms with E-state index in [4.69, 9.17) is 18.9 Å². The maximum absolute atomic E-state index is 14.9. The van der Waals surface area contributed by atoms with E-state index in [0.29, 0.717) is 23.3 Å². The number of carbonyl (C=O) groups excluding carboxylic acids is 3. The molecule has 0 amide bonds. The van der Waals surface area contributed by atoms with E-state index in [0.717, 1.165) is 112 Å². The molecule has 8 heteroatoms. The van der Waals surface area contributed by atoms with Crippen LogP contribution in [-0.4, -0.2) is 48.4 Å². The molecule has 368 valence electrons. The molecule has 0 aromatic heterocycles. The van der Waals surface area contributed by atoms with Gasteiger partial charge in [0.05, 0.1) is 25.0 Å². The molecule has 0 spiro atoms. The summed E-state index contributed by atoms with van der Waals surface area (Å²) in [6.07, 6.45) is 24.6. The average Bonchev–Trinajstić information content (AvgIpc) is 3.29. The normalized spacial score (nSPS) is 50.3. The van der Waals surface area contributed by atoms with Crippen LogP contribution in [0.3, 0.4) is 0 Å². The van der Waals surface area contributed by atoms with Crippen LogP contribution in [0.15, 0.2) is 47.1 Å². The van der Waals surface area contributed by atoms with Crippen LogP contribution >= 0.6 is 0 Å². The molecule has 0 saturated heterocycles. The Morgan fingerprint density at radius 1 is 0.662 bits per heavy atom. The summed E-state index contributed by atoms with van der Waals surface area (Å²) in [6.45, 7) is 27.9. The van der Waals surface area contributed by atoms with Crippen LogP contribution in [0.25, 0.3) is 6.08 Å². The number of ketones is 1. The van der Waals surface area contributed by atoms with Gasteiger partial charge in [-0.3, -0.25) is 14.4 Å². The highest BCUT2D eigenvalue weighted by Crippen LogP contribution is 2.78. The number of hydrogen-bond acceptors (Lipinski definition) is 8. The van der Waals surface area contributed by atoms with Crippen molar-refractivity contribution < 1.29 is 38.4 Å². The smallest absolute Gasteiger partial charge is 0.317 e. The Morgan fingerprint density at radius 2 is 1.22 bits per heavy atom. The number of benzene rings is 1. The third-order valence-corrected chi connectivity index (χ3v) is 24.5. The van der Waals surface area contributed by atoms with Crippen molar-refractivity contribution in [3.8, 4) is 11.5 Å². The zero-order chi connectivity index (χ0) is 49.1. The Kier molecular flexibility index (Phi) is 9.37. The molecule has 1 aromatic rings. The van der Waals surface area contributed by atoms with Gasteiger partial charge in [0.15, 0.2) is 11.5 Å². The lowest BCUT2D eigenvalue weighted by Gasteiger charge is -2.71. The third-order valence-electron chi connectivity index (χ3n) is 24.5. The zero-order valence-electron chi connectivity index (χ0n) is 43.9. The number of fused-ring (bicyclic) bond motifs is 17. The number of ether oxygens (including phenoxy) is 4. The molecule has 11 rings (SSSR count). The van der Waals surface area contributed by atoms with E-state index in [1.165, 1.54) is 25.4 Å². The largest absolute Gasteiger partial charge is 0.471 e. The van der Waals surface area contributed by atoms with E-state index in [1.54, 1.807) is 6.08 Å². The molecule has 0 bridgehead atoms. The minimum absolute atomic E-state index is 0.00647. The van der Waals surface area contributed by atoms with Crippen LogP contribution < -0.4 is 9.47 Å². The lowest BCUT2D eigenvalue weighted by atomic mass is 9.33. The first kappa shape index (κ1) is 46.7. The van der Waals surface area contributed by atoms with E-state index in [9.17, 15) is 19.5 Å². The SMILES string of the molecule is COC(=O)[C@]1(C)CC[C@]2(C)CC[C@]3(C)C4=CC=C5C(=CC(=O)[C@@]6(O)Oc7cc8c(c(C)c7O[C@@]56C)C=CC5[C@@]8(C)CC[C@@]6(C)C7C[C@](C)(C(=O)OC)CC[C@]7(C)CC[C@]56C)[C@]4(C)CC[C@@]3(C)C2C1. The van der Waals surface area contributed by atoms with Crippen molar-refractivity contribution in [2.45, 2.75) is 190 Å². The minimum Gasteiger partial charge on any atom is -0.471 e. The molecular weight excluding hydrogens is 849 g/mol. The van der Waals surface area contributed by atoms with Gasteiger partial charge >= 0.3 is 17.7 Å². The quantitative estimate of drug-likeness (QED) is 0.292. The summed E-state index contributed by atoms with van der Waals surface area (Å²) in [4.78, 5) is 41.6. The second-order valence-corrected chi connectivity index (χ2v) is 27.4. The molecule has 1 N–H and O–H groups in total. The predicted molar refractivity (Wildman–Crippen MR) is 264 cm³/mol. The summed E-state index contributed by atoms with van der Waals surface area (Å²) in [6, 6.07) is 2.11. The predicted octanol–water partition coefficient (Wildman–Crippen LogP) is 12.7. The highest BCUT2D eigenvalue weighted by Gasteiger charge is 2.72. The van der Waals surface area contributed by atoms with Crippen LogP contribution in [0.4, 0.5) is 0 Å². The standard InChI is InChI=1S/C60H80O8/c1-35-36-15-17-41-53(6,25-29-57(10)43-33-51(4,47(62)65-13)21-19-49(43,2)23-27-55(41,57)8)38(36)31-40-46(35)68-59(12)37-16-18-42-54(7,39(37)32-45(61)60(59,64)67-40)26-30-58(11)44-34-52(5,48(63)66-14)22-20-50(44,3)24-28-56(42,58)9/h15-18,31-32,41,43-44,64H,19-30,33-34H2,1-14H3/t41?,43?,44?,49-,50-,51-,52-,53+,54+,55-,56-,57+,58+,59+,60-/m1/s1. The average molecular weight is 929 g/mol. The van der Waals surface area contributed by atoms with Crippen molar-refractivity contribution >= 4 is 23.8 Å².